The van der Waals surface area contributed by atoms with Gasteiger partial charge in [-0.15, -0.1) is 0 Å². The zero-order valence-electron chi connectivity index (χ0n) is 8.71. The van der Waals surface area contributed by atoms with Crippen LogP contribution in [0.15, 0.2) is 18.2 Å². The number of carboxylic acid groups (broad SMARTS) is 1. The first-order chi connectivity index (χ1) is 7.75. The van der Waals surface area contributed by atoms with Crippen molar-refractivity contribution in [1.82, 2.24) is 10.3 Å². The van der Waals surface area contributed by atoms with Gasteiger partial charge in [0.25, 0.3) is 0 Å². The third-order valence-corrected chi connectivity index (χ3v) is 3.10. The van der Waals surface area contributed by atoms with Gasteiger partial charge in [-0.2, -0.15) is 0 Å². The number of nitrogens with one attached hydrogen (secondary N) is 2. The molecule has 4 heteroatoms. The van der Waals surface area contributed by atoms with Crippen LogP contribution in [0.25, 0.3) is 10.9 Å². The summed E-state index contributed by atoms with van der Waals surface area (Å²) < 4.78 is 0. The molecule has 1 aliphatic heterocycles. The molecule has 3 rings (SSSR count). The number of carboxylic acids is 1. The molecule has 0 radical (unpaired) electrons. The van der Waals surface area contributed by atoms with E-state index < -0.39 is 5.97 Å². The van der Waals surface area contributed by atoms with Gasteiger partial charge in [-0.25, -0.2) is 4.79 Å². The zero-order chi connectivity index (χ0) is 11.1. The highest BCUT2D eigenvalue weighted by atomic mass is 16.4. The molecule has 3 N–H and O–H groups in total. The largest absolute Gasteiger partial charge is 0.478 e. The third-order valence-electron chi connectivity index (χ3n) is 3.10. The molecule has 0 fully saturated rings. The molecule has 4 nitrogen and oxygen atoms in total. The molecule has 1 aromatic carbocycles. The molecule has 1 aromatic heterocycles. The fraction of sp³-hybridized carbons (Fsp3) is 0.250. The van der Waals surface area contributed by atoms with Crippen LogP contribution in [-0.2, 0) is 13.0 Å². The van der Waals surface area contributed by atoms with Crippen molar-refractivity contribution in [3.63, 3.8) is 0 Å². The van der Waals surface area contributed by atoms with Crippen molar-refractivity contribution in [3.8, 4) is 0 Å². The van der Waals surface area contributed by atoms with Crippen molar-refractivity contribution in [2.45, 2.75) is 13.0 Å². The Bertz CT molecular complexity index is 572. The average molecular weight is 216 g/mol. The summed E-state index contributed by atoms with van der Waals surface area (Å²) in [5.41, 5.74) is 3.82. The molecular formula is C12H12N2O2. The molecule has 0 bridgehead atoms. The summed E-state index contributed by atoms with van der Waals surface area (Å²) in [6.07, 6.45) is 0.979. The Morgan fingerprint density at radius 2 is 2.25 bits per heavy atom. The standard InChI is InChI=1S/C12H12N2O2/c15-12(16)7-1-2-10-8(5-7)9-6-13-4-3-11(9)14-10/h1-2,5,13-14H,3-4,6H2,(H,15,16). The minimum absolute atomic E-state index is 0.347. The Morgan fingerprint density at radius 3 is 3.06 bits per heavy atom. The predicted molar refractivity (Wildman–Crippen MR) is 60.7 cm³/mol. The van der Waals surface area contributed by atoms with E-state index in [1.807, 2.05) is 6.07 Å². The maximum absolute atomic E-state index is 10.9. The molecule has 1 aliphatic rings. The first-order valence-corrected chi connectivity index (χ1v) is 5.33. The number of aromatic carboxylic acids is 1. The monoisotopic (exact) mass is 216 g/mol. The second-order valence-corrected chi connectivity index (χ2v) is 4.07. The molecule has 16 heavy (non-hydrogen) atoms. The molecule has 2 heterocycles. The number of rotatable bonds is 1. The lowest BCUT2D eigenvalue weighted by Gasteiger charge is -2.12. The van der Waals surface area contributed by atoms with E-state index >= 15 is 0 Å². The van der Waals surface area contributed by atoms with E-state index in [2.05, 4.69) is 10.3 Å². The molecular weight excluding hydrogens is 204 g/mol. The van der Waals surface area contributed by atoms with Crippen LogP contribution < -0.4 is 5.32 Å². The van der Waals surface area contributed by atoms with E-state index in [4.69, 9.17) is 5.11 Å². The van der Waals surface area contributed by atoms with E-state index in [1.165, 1.54) is 11.3 Å². The number of aromatic amines is 1. The molecule has 0 atom stereocenters. The maximum Gasteiger partial charge on any atom is 0.335 e. The summed E-state index contributed by atoms with van der Waals surface area (Å²) in [6, 6.07) is 5.23. The number of carbonyl (C=O) groups is 1. The van der Waals surface area contributed by atoms with E-state index in [0.29, 0.717) is 5.56 Å². The lowest BCUT2D eigenvalue weighted by Crippen LogP contribution is -2.22. The smallest absolute Gasteiger partial charge is 0.335 e. The van der Waals surface area contributed by atoms with Crippen LogP contribution in [0, 0.1) is 0 Å². The Kier molecular flexibility index (Phi) is 1.97. The molecule has 0 spiro atoms. The van der Waals surface area contributed by atoms with Gasteiger partial charge in [0.05, 0.1) is 5.56 Å². The van der Waals surface area contributed by atoms with Gasteiger partial charge in [-0.05, 0) is 23.8 Å². The molecule has 0 unspecified atom stereocenters. The average Bonchev–Trinajstić information content (AvgIpc) is 2.66. The minimum atomic E-state index is -0.874. The van der Waals surface area contributed by atoms with Crippen molar-refractivity contribution in [2.75, 3.05) is 6.54 Å². The normalized spacial score (nSPS) is 15.0. The maximum atomic E-state index is 10.9. The van der Waals surface area contributed by atoms with Gasteiger partial charge >= 0.3 is 5.97 Å². The third kappa shape index (κ3) is 1.31. The van der Waals surface area contributed by atoms with Crippen molar-refractivity contribution >= 4 is 16.9 Å². The van der Waals surface area contributed by atoms with Crippen molar-refractivity contribution in [3.05, 3.63) is 35.0 Å². The first kappa shape index (κ1) is 9.42. The fourth-order valence-corrected chi connectivity index (χ4v) is 2.28. The van der Waals surface area contributed by atoms with Gasteiger partial charge in [-0.3, -0.25) is 0 Å². The summed E-state index contributed by atoms with van der Waals surface area (Å²) in [5, 5.41) is 13.3. The fourth-order valence-electron chi connectivity index (χ4n) is 2.28. The van der Waals surface area contributed by atoms with E-state index in [9.17, 15) is 4.79 Å². The summed E-state index contributed by atoms with van der Waals surface area (Å²) in [5.74, 6) is -0.874. The minimum Gasteiger partial charge on any atom is -0.478 e. The Hall–Kier alpha value is -1.81. The summed E-state index contributed by atoms with van der Waals surface area (Å²) in [4.78, 5) is 14.3. The quantitative estimate of drug-likeness (QED) is 0.677. The van der Waals surface area contributed by atoms with E-state index in [-0.39, 0.29) is 0 Å². The summed E-state index contributed by atoms with van der Waals surface area (Å²) in [6.45, 7) is 1.80. The zero-order valence-corrected chi connectivity index (χ0v) is 8.71. The molecule has 0 saturated carbocycles. The van der Waals surface area contributed by atoms with Crippen LogP contribution in [0.2, 0.25) is 0 Å². The predicted octanol–water partition coefficient (Wildman–Crippen LogP) is 1.51. The van der Waals surface area contributed by atoms with E-state index in [0.717, 1.165) is 30.4 Å². The Labute approximate surface area is 92.3 Å². The van der Waals surface area contributed by atoms with Crippen LogP contribution in [0.4, 0.5) is 0 Å². The Balaban J connectivity index is 2.25. The van der Waals surface area contributed by atoms with Crippen molar-refractivity contribution in [2.24, 2.45) is 0 Å². The highest BCUT2D eigenvalue weighted by Crippen LogP contribution is 2.25. The van der Waals surface area contributed by atoms with Crippen LogP contribution in [0.3, 0.4) is 0 Å². The lowest BCUT2D eigenvalue weighted by molar-refractivity contribution is 0.0697. The summed E-state index contributed by atoms with van der Waals surface area (Å²) >= 11 is 0. The molecule has 2 aromatic rings. The first-order valence-electron chi connectivity index (χ1n) is 5.33. The second kappa shape index (κ2) is 3.35. The van der Waals surface area contributed by atoms with Gasteiger partial charge in [0.15, 0.2) is 0 Å². The van der Waals surface area contributed by atoms with Crippen LogP contribution in [-0.4, -0.2) is 22.6 Å². The summed E-state index contributed by atoms with van der Waals surface area (Å²) in [7, 11) is 0. The highest BCUT2D eigenvalue weighted by Gasteiger charge is 2.15. The number of H-pyrrole nitrogens is 1. The molecule has 82 valence electrons. The Morgan fingerprint density at radius 1 is 1.38 bits per heavy atom. The second-order valence-electron chi connectivity index (χ2n) is 4.07. The van der Waals surface area contributed by atoms with Crippen LogP contribution in [0.1, 0.15) is 21.6 Å². The number of benzene rings is 1. The molecule has 0 saturated heterocycles. The molecule has 0 aliphatic carbocycles. The van der Waals surface area contributed by atoms with Gasteiger partial charge in [0.2, 0.25) is 0 Å². The SMILES string of the molecule is O=C(O)c1ccc2[nH]c3c(c2c1)CNCC3. The van der Waals surface area contributed by atoms with Gasteiger partial charge in [0.1, 0.15) is 0 Å². The molecule has 0 amide bonds. The number of hydrogen-bond acceptors (Lipinski definition) is 2. The van der Waals surface area contributed by atoms with Gasteiger partial charge < -0.3 is 15.4 Å². The topological polar surface area (TPSA) is 65.1 Å². The van der Waals surface area contributed by atoms with Crippen LogP contribution in [0.5, 0.6) is 0 Å². The van der Waals surface area contributed by atoms with Crippen molar-refractivity contribution in [1.29, 1.82) is 0 Å². The van der Waals surface area contributed by atoms with Crippen LogP contribution >= 0.6 is 0 Å². The number of aromatic nitrogens is 1. The van der Waals surface area contributed by atoms with Gasteiger partial charge in [-0.1, -0.05) is 0 Å². The number of hydrogen-bond donors (Lipinski definition) is 3. The van der Waals surface area contributed by atoms with Gasteiger partial charge in [0, 0.05) is 36.1 Å². The lowest BCUT2D eigenvalue weighted by atomic mass is 10.0. The number of fused-ring (bicyclic) bond motifs is 3. The highest BCUT2D eigenvalue weighted by molar-refractivity contribution is 5.95. The van der Waals surface area contributed by atoms with E-state index in [1.54, 1.807) is 12.1 Å². The van der Waals surface area contributed by atoms with Crippen molar-refractivity contribution < 1.29 is 9.90 Å².